The molecule has 2 aliphatic rings. The fourth-order valence-corrected chi connectivity index (χ4v) is 4.58. The van der Waals surface area contributed by atoms with Gasteiger partial charge in [0, 0.05) is 56.9 Å². The minimum atomic E-state index is -0.933. The van der Waals surface area contributed by atoms with Crippen LogP contribution in [0.1, 0.15) is 42.1 Å². The number of amides is 3. The average molecular weight is 467 g/mol. The molecule has 1 spiro atoms. The highest BCUT2D eigenvalue weighted by molar-refractivity contribution is 5.98. The van der Waals surface area contributed by atoms with Crippen LogP contribution in [-0.2, 0) is 20.9 Å². The van der Waals surface area contributed by atoms with Gasteiger partial charge in [0.15, 0.2) is 0 Å². The molecule has 9 heteroatoms. The molecular weight excluding hydrogens is 436 g/mol. The second-order valence-corrected chi connectivity index (χ2v) is 8.49. The molecule has 1 N–H and O–H groups in total. The SMILES string of the molecule is CCC(=O)N1CCC2(CC1)OC[C@H](C(=O)NCc1cccnc1)N2C(=O)c1ccc(OC)cc1. The molecule has 2 aliphatic heterocycles. The van der Waals surface area contributed by atoms with E-state index in [1.165, 1.54) is 0 Å². The summed E-state index contributed by atoms with van der Waals surface area (Å²) in [5.41, 5.74) is 0.379. The fraction of sp³-hybridized carbons (Fsp3) is 0.440. The van der Waals surface area contributed by atoms with Gasteiger partial charge in [-0.15, -0.1) is 0 Å². The molecular formula is C25H30N4O5. The van der Waals surface area contributed by atoms with Crippen molar-refractivity contribution >= 4 is 17.7 Å². The van der Waals surface area contributed by atoms with Crippen molar-refractivity contribution in [2.24, 2.45) is 0 Å². The number of benzene rings is 1. The molecule has 3 amide bonds. The summed E-state index contributed by atoms with van der Waals surface area (Å²) in [6.07, 6.45) is 4.69. The van der Waals surface area contributed by atoms with Gasteiger partial charge in [-0.2, -0.15) is 0 Å². The van der Waals surface area contributed by atoms with Crippen molar-refractivity contribution < 1.29 is 23.9 Å². The van der Waals surface area contributed by atoms with Crippen LogP contribution in [0.25, 0.3) is 0 Å². The molecule has 2 aromatic rings. The van der Waals surface area contributed by atoms with Gasteiger partial charge in [-0.1, -0.05) is 13.0 Å². The molecule has 180 valence electrons. The Hall–Kier alpha value is -3.46. The Bertz CT molecular complexity index is 1020. The number of hydrogen-bond acceptors (Lipinski definition) is 6. The summed E-state index contributed by atoms with van der Waals surface area (Å²) in [5, 5.41) is 2.92. The molecule has 0 radical (unpaired) electrons. The number of nitrogens with zero attached hydrogens (tertiary/aromatic N) is 3. The molecule has 3 heterocycles. The number of methoxy groups -OCH3 is 1. The Morgan fingerprint density at radius 1 is 1.18 bits per heavy atom. The first-order valence-corrected chi connectivity index (χ1v) is 11.5. The normalized spacial score (nSPS) is 19.2. The Morgan fingerprint density at radius 2 is 1.91 bits per heavy atom. The highest BCUT2D eigenvalue weighted by atomic mass is 16.5. The number of nitrogens with one attached hydrogen (secondary N) is 1. The van der Waals surface area contributed by atoms with E-state index < -0.39 is 11.8 Å². The van der Waals surface area contributed by atoms with Crippen LogP contribution in [0, 0.1) is 0 Å². The van der Waals surface area contributed by atoms with E-state index in [9.17, 15) is 14.4 Å². The van der Waals surface area contributed by atoms with E-state index in [2.05, 4.69) is 10.3 Å². The Morgan fingerprint density at radius 3 is 2.53 bits per heavy atom. The molecule has 1 atom stereocenters. The molecule has 0 bridgehead atoms. The number of likely N-dealkylation sites (tertiary alicyclic amines) is 1. The summed E-state index contributed by atoms with van der Waals surface area (Å²) in [7, 11) is 1.56. The maximum atomic E-state index is 13.7. The van der Waals surface area contributed by atoms with Crippen LogP contribution in [0.2, 0.25) is 0 Å². The van der Waals surface area contributed by atoms with Gasteiger partial charge < -0.3 is 19.7 Å². The molecule has 0 saturated carbocycles. The van der Waals surface area contributed by atoms with Crippen LogP contribution < -0.4 is 10.1 Å². The molecule has 0 aliphatic carbocycles. The van der Waals surface area contributed by atoms with Crippen molar-refractivity contribution in [3.8, 4) is 5.75 Å². The molecule has 2 fully saturated rings. The number of carbonyl (C=O) groups excluding carboxylic acids is 3. The van der Waals surface area contributed by atoms with Gasteiger partial charge in [-0.3, -0.25) is 24.3 Å². The Balaban J connectivity index is 1.57. The number of aromatic nitrogens is 1. The van der Waals surface area contributed by atoms with Crippen LogP contribution in [-0.4, -0.2) is 71.1 Å². The van der Waals surface area contributed by atoms with Crippen LogP contribution >= 0.6 is 0 Å². The van der Waals surface area contributed by atoms with Crippen molar-refractivity contribution in [3.05, 3.63) is 59.9 Å². The van der Waals surface area contributed by atoms with E-state index in [1.54, 1.807) is 59.6 Å². The number of carbonyl (C=O) groups is 3. The number of pyridine rings is 1. The molecule has 1 aromatic carbocycles. The van der Waals surface area contributed by atoms with Gasteiger partial charge in [0.25, 0.3) is 5.91 Å². The van der Waals surface area contributed by atoms with Gasteiger partial charge in [0.2, 0.25) is 11.8 Å². The van der Waals surface area contributed by atoms with E-state index in [4.69, 9.17) is 9.47 Å². The lowest BCUT2D eigenvalue weighted by molar-refractivity contribution is -0.143. The first-order chi connectivity index (χ1) is 16.5. The predicted octanol–water partition coefficient (Wildman–Crippen LogP) is 1.98. The zero-order valence-corrected chi connectivity index (χ0v) is 19.5. The minimum Gasteiger partial charge on any atom is -0.497 e. The van der Waals surface area contributed by atoms with Crippen molar-refractivity contribution in [3.63, 3.8) is 0 Å². The largest absolute Gasteiger partial charge is 0.497 e. The molecule has 0 unspecified atom stereocenters. The lowest BCUT2D eigenvalue weighted by Gasteiger charge is -2.44. The maximum absolute atomic E-state index is 13.7. The number of ether oxygens (including phenoxy) is 2. The van der Waals surface area contributed by atoms with Crippen LogP contribution in [0.3, 0.4) is 0 Å². The maximum Gasteiger partial charge on any atom is 0.256 e. The molecule has 9 nitrogen and oxygen atoms in total. The molecule has 4 rings (SSSR count). The summed E-state index contributed by atoms with van der Waals surface area (Å²) in [6, 6.07) is 9.72. The molecule has 1 aromatic heterocycles. The van der Waals surface area contributed by atoms with E-state index >= 15 is 0 Å². The number of hydrogen-bond donors (Lipinski definition) is 1. The van der Waals surface area contributed by atoms with Crippen LogP contribution in [0.4, 0.5) is 0 Å². The van der Waals surface area contributed by atoms with Gasteiger partial charge >= 0.3 is 0 Å². The number of rotatable bonds is 6. The highest BCUT2D eigenvalue weighted by Gasteiger charge is 2.54. The van der Waals surface area contributed by atoms with Gasteiger partial charge in [0.1, 0.15) is 17.5 Å². The van der Waals surface area contributed by atoms with E-state index in [0.717, 1.165) is 5.56 Å². The summed E-state index contributed by atoms with van der Waals surface area (Å²) < 4.78 is 11.4. The standard InChI is InChI=1S/C25H30N4O5/c1-3-22(30)28-13-10-25(11-14-28)29(24(32)19-6-8-20(33-2)9-7-19)21(17-34-25)23(31)27-16-18-5-4-12-26-15-18/h4-9,12,15,21H,3,10-11,13-14,16-17H2,1-2H3,(H,27,31)/t21-/m1/s1. The topological polar surface area (TPSA) is 101 Å². The second-order valence-electron chi connectivity index (χ2n) is 8.49. The van der Waals surface area contributed by atoms with Crippen LogP contribution in [0.5, 0.6) is 5.75 Å². The van der Waals surface area contributed by atoms with Gasteiger partial charge in [-0.25, -0.2) is 0 Å². The monoisotopic (exact) mass is 466 g/mol. The molecule has 34 heavy (non-hydrogen) atoms. The Kier molecular flexibility index (Phi) is 7.12. The highest BCUT2D eigenvalue weighted by Crippen LogP contribution is 2.38. The minimum absolute atomic E-state index is 0.0756. The quantitative estimate of drug-likeness (QED) is 0.699. The zero-order chi connectivity index (χ0) is 24.1. The van der Waals surface area contributed by atoms with E-state index in [-0.39, 0.29) is 24.3 Å². The van der Waals surface area contributed by atoms with Crippen molar-refractivity contribution in [1.29, 1.82) is 0 Å². The first-order valence-electron chi connectivity index (χ1n) is 11.5. The third-order valence-corrected chi connectivity index (χ3v) is 6.51. The van der Waals surface area contributed by atoms with Crippen molar-refractivity contribution in [2.75, 3.05) is 26.8 Å². The summed E-state index contributed by atoms with van der Waals surface area (Å²) in [4.78, 5) is 46.6. The zero-order valence-electron chi connectivity index (χ0n) is 19.5. The predicted molar refractivity (Wildman–Crippen MR) is 124 cm³/mol. The smallest absolute Gasteiger partial charge is 0.256 e. The van der Waals surface area contributed by atoms with Gasteiger partial charge in [-0.05, 0) is 35.9 Å². The lowest BCUT2D eigenvalue weighted by Crippen LogP contribution is -2.59. The number of piperidine rings is 1. The van der Waals surface area contributed by atoms with E-state index in [1.807, 2.05) is 13.0 Å². The fourth-order valence-electron chi connectivity index (χ4n) is 4.58. The third-order valence-electron chi connectivity index (χ3n) is 6.51. The Labute approximate surface area is 199 Å². The molecule has 2 saturated heterocycles. The van der Waals surface area contributed by atoms with E-state index in [0.29, 0.717) is 50.2 Å². The summed E-state index contributed by atoms with van der Waals surface area (Å²) >= 11 is 0. The summed E-state index contributed by atoms with van der Waals surface area (Å²) in [5.74, 6) is 0.152. The van der Waals surface area contributed by atoms with Crippen molar-refractivity contribution in [1.82, 2.24) is 20.1 Å². The third kappa shape index (κ3) is 4.75. The average Bonchev–Trinajstić information content (AvgIpc) is 3.25. The van der Waals surface area contributed by atoms with Gasteiger partial charge in [0.05, 0.1) is 13.7 Å². The summed E-state index contributed by atoms with van der Waals surface area (Å²) in [6.45, 7) is 3.19. The van der Waals surface area contributed by atoms with Crippen LogP contribution in [0.15, 0.2) is 48.8 Å². The lowest BCUT2D eigenvalue weighted by atomic mass is 9.96. The van der Waals surface area contributed by atoms with Crippen molar-refractivity contribution in [2.45, 2.75) is 44.5 Å². The second kappa shape index (κ2) is 10.2. The first kappa shape index (κ1) is 23.7.